The number of hydrogen-bond donors (Lipinski definition) is 2. The molecule has 4 rings (SSSR count). The van der Waals surface area contributed by atoms with Crippen molar-refractivity contribution in [2.75, 3.05) is 13.2 Å². The zero-order chi connectivity index (χ0) is 19.8. The smallest absolute Gasteiger partial charge is 0.387 e. The highest BCUT2D eigenvalue weighted by molar-refractivity contribution is 5.83. The summed E-state index contributed by atoms with van der Waals surface area (Å²) < 4.78 is 36.0. The monoisotopic (exact) mass is 395 g/mol. The van der Waals surface area contributed by atoms with Gasteiger partial charge in [0.1, 0.15) is 11.4 Å². The summed E-state index contributed by atoms with van der Waals surface area (Å²) in [5, 5.41) is 10.0. The number of aliphatic carboxylic acids is 1. The Hall–Kier alpha value is -2.19. The van der Waals surface area contributed by atoms with Crippen LogP contribution in [0.5, 0.6) is 5.75 Å². The van der Waals surface area contributed by atoms with Gasteiger partial charge in [-0.15, -0.1) is 0 Å². The van der Waals surface area contributed by atoms with E-state index in [9.17, 15) is 18.7 Å². The van der Waals surface area contributed by atoms with Crippen LogP contribution >= 0.6 is 0 Å². The SMILES string of the molecule is O=C(O)C1(c2cc(C3=CC4(CCOC4)ON3)ccc2OC(F)F)CCCCC1. The summed E-state index contributed by atoms with van der Waals surface area (Å²) in [7, 11) is 0. The van der Waals surface area contributed by atoms with E-state index in [1.165, 1.54) is 6.07 Å². The van der Waals surface area contributed by atoms with Crippen molar-refractivity contribution in [1.82, 2.24) is 5.48 Å². The van der Waals surface area contributed by atoms with Gasteiger partial charge in [-0.1, -0.05) is 19.3 Å². The Morgan fingerprint density at radius 2 is 2.00 bits per heavy atom. The van der Waals surface area contributed by atoms with Crippen molar-refractivity contribution < 1.29 is 33.0 Å². The van der Waals surface area contributed by atoms with Gasteiger partial charge in [-0.3, -0.25) is 15.1 Å². The number of hydrogen-bond acceptors (Lipinski definition) is 5. The lowest BCUT2D eigenvalue weighted by Crippen LogP contribution is -2.38. The van der Waals surface area contributed by atoms with Gasteiger partial charge in [0.2, 0.25) is 0 Å². The zero-order valence-corrected chi connectivity index (χ0v) is 15.4. The van der Waals surface area contributed by atoms with Gasteiger partial charge in [-0.2, -0.15) is 8.78 Å². The van der Waals surface area contributed by atoms with Gasteiger partial charge < -0.3 is 14.6 Å². The molecule has 1 aromatic carbocycles. The van der Waals surface area contributed by atoms with Crippen molar-refractivity contribution in [2.45, 2.75) is 56.2 Å². The van der Waals surface area contributed by atoms with E-state index in [2.05, 4.69) is 5.48 Å². The Labute approximate surface area is 161 Å². The molecule has 1 atom stereocenters. The number of ether oxygens (including phenoxy) is 2. The Kier molecular flexibility index (Phi) is 5.01. The van der Waals surface area contributed by atoms with E-state index in [0.29, 0.717) is 49.3 Å². The lowest BCUT2D eigenvalue weighted by Gasteiger charge is -2.35. The number of halogens is 2. The number of nitrogens with one attached hydrogen (secondary N) is 1. The first-order chi connectivity index (χ1) is 13.4. The Balaban J connectivity index is 1.77. The molecular formula is C20H23F2NO5. The minimum atomic E-state index is -3.02. The minimum Gasteiger partial charge on any atom is -0.481 e. The molecule has 0 radical (unpaired) electrons. The predicted molar refractivity (Wildman–Crippen MR) is 95.8 cm³/mol. The highest BCUT2D eigenvalue weighted by atomic mass is 19.3. The number of carboxylic acids is 1. The lowest BCUT2D eigenvalue weighted by atomic mass is 9.69. The predicted octanol–water partition coefficient (Wildman–Crippen LogP) is 3.61. The van der Waals surface area contributed by atoms with Gasteiger partial charge in [-0.05, 0) is 37.1 Å². The molecule has 2 heterocycles. The van der Waals surface area contributed by atoms with Gasteiger partial charge in [0.15, 0.2) is 0 Å². The van der Waals surface area contributed by atoms with Crippen LogP contribution in [0.1, 0.15) is 49.7 Å². The van der Waals surface area contributed by atoms with Crippen molar-refractivity contribution in [3.63, 3.8) is 0 Å². The number of rotatable bonds is 5. The average molecular weight is 395 g/mol. The van der Waals surface area contributed by atoms with Gasteiger partial charge in [0.05, 0.1) is 17.7 Å². The normalized spacial score (nSPS) is 26.3. The topological polar surface area (TPSA) is 77.0 Å². The molecule has 1 aromatic rings. The van der Waals surface area contributed by atoms with Crippen LogP contribution in [0.4, 0.5) is 8.78 Å². The van der Waals surface area contributed by atoms with Crippen molar-refractivity contribution in [2.24, 2.45) is 0 Å². The molecule has 1 saturated carbocycles. The Morgan fingerprint density at radius 1 is 1.21 bits per heavy atom. The number of benzene rings is 1. The fraction of sp³-hybridized carbons (Fsp3) is 0.550. The van der Waals surface area contributed by atoms with E-state index in [1.54, 1.807) is 12.1 Å². The molecule has 1 aliphatic carbocycles. The Bertz CT molecular complexity index is 783. The quantitative estimate of drug-likeness (QED) is 0.793. The molecule has 1 unspecified atom stereocenters. The van der Waals surface area contributed by atoms with Gasteiger partial charge in [0.25, 0.3) is 0 Å². The van der Waals surface area contributed by atoms with E-state index in [0.717, 1.165) is 19.3 Å². The molecule has 152 valence electrons. The Morgan fingerprint density at radius 3 is 2.64 bits per heavy atom. The largest absolute Gasteiger partial charge is 0.481 e. The first kappa shape index (κ1) is 19.1. The molecule has 0 amide bonds. The van der Waals surface area contributed by atoms with E-state index < -0.39 is 23.6 Å². The molecule has 1 saturated heterocycles. The highest BCUT2D eigenvalue weighted by Crippen LogP contribution is 2.45. The zero-order valence-electron chi connectivity index (χ0n) is 15.4. The first-order valence-electron chi connectivity index (χ1n) is 9.52. The summed E-state index contributed by atoms with van der Waals surface area (Å²) in [6.07, 6.45) is 5.81. The van der Waals surface area contributed by atoms with E-state index in [4.69, 9.17) is 14.3 Å². The van der Waals surface area contributed by atoms with Gasteiger partial charge >= 0.3 is 12.6 Å². The third-order valence-electron chi connectivity index (χ3n) is 5.93. The number of carbonyl (C=O) groups is 1. The van der Waals surface area contributed by atoms with Crippen molar-refractivity contribution in [1.29, 1.82) is 0 Å². The minimum absolute atomic E-state index is 0.0820. The van der Waals surface area contributed by atoms with Crippen LogP contribution < -0.4 is 10.2 Å². The molecule has 28 heavy (non-hydrogen) atoms. The second kappa shape index (κ2) is 7.33. The van der Waals surface area contributed by atoms with E-state index >= 15 is 0 Å². The van der Waals surface area contributed by atoms with Crippen LogP contribution in [0.15, 0.2) is 24.3 Å². The first-order valence-corrected chi connectivity index (χ1v) is 9.52. The molecule has 0 bridgehead atoms. The summed E-state index contributed by atoms with van der Waals surface area (Å²) in [6, 6.07) is 4.71. The number of alkyl halides is 2. The third-order valence-corrected chi connectivity index (χ3v) is 5.93. The molecule has 0 aromatic heterocycles. The maximum Gasteiger partial charge on any atom is 0.387 e. The molecule has 2 N–H and O–H groups in total. The van der Waals surface area contributed by atoms with E-state index in [-0.39, 0.29) is 5.75 Å². The molecule has 3 aliphatic rings. The molecule has 2 aliphatic heterocycles. The van der Waals surface area contributed by atoms with Crippen LogP contribution in [-0.4, -0.2) is 36.5 Å². The summed E-state index contributed by atoms with van der Waals surface area (Å²) >= 11 is 0. The van der Waals surface area contributed by atoms with Crippen molar-refractivity contribution in [3.05, 3.63) is 35.4 Å². The second-order valence-electron chi connectivity index (χ2n) is 7.67. The maximum atomic E-state index is 13.0. The fourth-order valence-corrected chi connectivity index (χ4v) is 4.40. The summed E-state index contributed by atoms with van der Waals surface area (Å²) in [5.74, 6) is -1.09. The third kappa shape index (κ3) is 3.35. The van der Waals surface area contributed by atoms with Crippen molar-refractivity contribution >= 4 is 11.7 Å². The highest BCUT2D eigenvalue weighted by Gasteiger charge is 2.44. The number of carboxylic acid groups (broad SMARTS) is 1. The standard InChI is InChI=1S/C20H23F2NO5/c21-18(22)27-16-5-4-13(15-11-19(28-23-15)8-9-26-12-19)10-14(16)20(17(24)25)6-2-1-3-7-20/h4-5,10-11,18,23H,1-3,6-9,12H2,(H,24,25). The van der Waals surface area contributed by atoms with Gasteiger partial charge in [0, 0.05) is 24.2 Å². The summed E-state index contributed by atoms with van der Waals surface area (Å²) in [6.45, 7) is -1.99. The van der Waals surface area contributed by atoms with Crippen LogP contribution in [0.2, 0.25) is 0 Å². The van der Waals surface area contributed by atoms with Crippen LogP contribution in [0, 0.1) is 0 Å². The molecule has 6 nitrogen and oxygen atoms in total. The van der Waals surface area contributed by atoms with Crippen molar-refractivity contribution in [3.8, 4) is 5.75 Å². The van der Waals surface area contributed by atoms with Gasteiger partial charge in [-0.25, -0.2) is 0 Å². The second-order valence-corrected chi connectivity index (χ2v) is 7.67. The number of hydroxylamine groups is 1. The van der Waals surface area contributed by atoms with Crippen LogP contribution in [-0.2, 0) is 19.8 Å². The van der Waals surface area contributed by atoms with E-state index in [1.807, 2.05) is 6.08 Å². The lowest BCUT2D eigenvalue weighted by molar-refractivity contribution is -0.145. The molecular weight excluding hydrogens is 372 g/mol. The molecule has 8 heteroatoms. The molecule has 2 fully saturated rings. The average Bonchev–Trinajstić information content (AvgIpc) is 3.32. The van der Waals surface area contributed by atoms with Crippen LogP contribution in [0.3, 0.4) is 0 Å². The fourth-order valence-electron chi connectivity index (χ4n) is 4.40. The maximum absolute atomic E-state index is 13.0. The molecule has 1 spiro atoms. The van der Waals surface area contributed by atoms with Crippen LogP contribution in [0.25, 0.3) is 5.70 Å². The summed E-state index contributed by atoms with van der Waals surface area (Å²) in [4.78, 5) is 17.9. The summed E-state index contributed by atoms with van der Waals surface area (Å²) in [5.41, 5.74) is 2.76.